The second-order valence-corrected chi connectivity index (χ2v) is 6.12. The minimum atomic E-state index is 0.791. The Morgan fingerprint density at radius 2 is 1.67 bits per heavy atom. The second-order valence-electron chi connectivity index (χ2n) is 6.12. The predicted octanol–water partition coefficient (Wildman–Crippen LogP) is 3.69. The summed E-state index contributed by atoms with van der Waals surface area (Å²) < 4.78 is 0. The fourth-order valence-corrected chi connectivity index (χ4v) is 2.39. The molecule has 0 radical (unpaired) electrons. The maximum atomic E-state index is 3.60. The summed E-state index contributed by atoms with van der Waals surface area (Å²) in [7, 11) is 0. The first kappa shape index (κ1) is 13.0. The molecule has 1 N–H and O–H groups in total. The van der Waals surface area contributed by atoms with Gasteiger partial charge in [0.05, 0.1) is 0 Å². The molecule has 0 aromatic heterocycles. The van der Waals surface area contributed by atoms with E-state index in [9.17, 15) is 0 Å². The molecular formula is C14H29N. The molecule has 15 heavy (non-hydrogen) atoms. The van der Waals surface area contributed by atoms with E-state index in [-0.39, 0.29) is 0 Å². The van der Waals surface area contributed by atoms with Crippen LogP contribution in [0.25, 0.3) is 0 Å². The summed E-state index contributed by atoms with van der Waals surface area (Å²) in [6.45, 7) is 11.7. The van der Waals surface area contributed by atoms with Crippen LogP contribution in [-0.4, -0.2) is 13.1 Å². The largest absolute Gasteiger partial charge is 0.316 e. The van der Waals surface area contributed by atoms with Crippen LogP contribution in [0.4, 0.5) is 0 Å². The Bertz CT molecular complexity index is 163. The van der Waals surface area contributed by atoms with Gasteiger partial charge in [-0.2, -0.15) is 0 Å². The molecule has 0 amide bonds. The van der Waals surface area contributed by atoms with Gasteiger partial charge in [-0.05, 0) is 56.0 Å². The SMILES string of the molecule is CC(C)CCC1CCC1CNCC(C)C. The molecule has 2 atom stereocenters. The van der Waals surface area contributed by atoms with Gasteiger partial charge in [-0.3, -0.25) is 0 Å². The van der Waals surface area contributed by atoms with Crippen molar-refractivity contribution in [1.29, 1.82) is 0 Å². The van der Waals surface area contributed by atoms with Crippen molar-refractivity contribution in [3.05, 3.63) is 0 Å². The van der Waals surface area contributed by atoms with Crippen LogP contribution in [0, 0.1) is 23.7 Å². The van der Waals surface area contributed by atoms with Gasteiger partial charge in [0, 0.05) is 0 Å². The van der Waals surface area contributed by atoms with Crippen molar-refractivity contribution in [3.8, 4) is 0 Å². The number of hydrogen-bond acceptors (Lipinski definition) is 1. The Hall–Kier alpha value is -0.0400. The van der Waals surface area contributed by atoms with E-state index in [1.165, 1.54) is 38.8 Å². The molecule has 0 aliphatic heterocycles. The first-order valence-corrected chi connectivity index (χ1v) is 6.80. The zero-order valence-electron chi connectivity index (χ0n) is 11.1. The summed E-state index contributed by atoms with van der Waals surface area (Å²) in [4.78, 5) is 0. The predicted molar refractivity (Wildman–Crippen MR) is 68.0 cm³/mol. The van der Waals surface area contributed by atoms with Gasteiger partial charge in [-0.25, -0.2) is 0 Å². The molecule has 1 nitrogen and oxygen atoms in total. The quantitative estimate of drug-likeness (QED) is 0.677. The first-order valence-electron chi connectivity index (χ1n) is 6.80. The van der Waals surface area contributed by atoms with Crippen LogP contribution in [0.15, 0.2) is 0 Å². The van der Waals surface area contributed by atoms with Gasteiger partial charge in [-0.1, -0.05) is 34.1 Å². The van der Waals surface area contributed by atoms with E-state index in [0.717, 1.165) is 23.7 Å². The molecule has 0 aromatic carbocycles. The molecule has 0 bridgehead atoms. The molecule has 90 valence electrons. The van der Waals surface area contributed by atoms with E-state index >= 15 is 0 Å². The van der Waals surface area contributed by atoms with Crippen LogP contribution in [0.1, 0.15) is 53.4 Å². The topological polar surface area (TPSA) is 12.0 Å². The normalized spacial score (nSPS) is 26.0. The summed E-state index contributed by atoms with van der Waals surface area (Å²) >= 11 is 0. The van der Waals surface area contributed by atoms with Gasteiger partial charge in [0.25, 0.3) is 0 Å². The third kappa shape index (κ3) is 5.01. The Balaban J connectivity index is 2.04. The van der Waals surface area contributed by atoms with Crippen molar-refractivity contribution in [2.24, 2.45) is 23.7 Å². The van der Waals surface area contributed by atoms with Crippen molar-refractivity contribution in [1.82, 2.24) is 5.32 Å². The van der Waals surface area contributed by atoms with E-state index in [0.29, 0.717) is 0 Å². The molecule has 1 heteroatoms. The zero-order chi connectivity index (χ0) is 11.3. The summed E-state index contributed by atoms with van der Waals surface area (Å²) in [5.74, 6) is 3.70. The Morgan fingerprint density at radius 1 is 1.00 bits per heavy atom. The number of hydrogen-bond donors (Lipinski definition) is 1. The van der Waals surface area contributed by atoms with Crippen molar-refractivity contribution in [3.63, 3.8) is 0 Å². The molecule has 1 fully saturated rings. The highest BCUT2D eigenvalue weighted by atomic mass is 14.9. The van der Waals surface area contributed by atoms with Crippen LogP contribution < -0.4 is 5.32 Å². The van der Waals surface area contributed by atoms with Crippen molar-refractivity contribution in [2.75, 3.05) is 13.1 Å². The van der Waals surface area contributed by atoms with Crippen LogP contribution >= 0.6 is 0 Å². The van der Waals surface area contributed by atoms with Crippen LogP contribution in [0.3, 0.4) is 0 Å². The number of rotatable bonds is 7. The highest BCUT2D eigenvalue weighted by molar-refractivity contribution is 4.82. The van der Waals surface area contributed by atoms with E-state index in [1.807, 2.05) is 0 Å². The molecule has 0 aromatic rings. The van der Waals surface area contributed by atoms with E-state index < -0.39 is 0 Å². The Labute approximate surface area is 96.0 Å². The Kier molecular flexibility index (Phi) is 5.66. The lowest BCUT2D eigenvalue weighted by Crippen LogP contribution is -2.36. The lowest BCUT2D eigenvalue weighted by Gasteiger charge is -2.37. The van der Waals surface area contributed by atoms with E-state index in [2.05, 4.69) is 33.0 Å². The lowest BCUT2D eigenvalue weighted by molar-refractivity contribution is 0.151. The van der Waals surface area contributed by atoms with Crippen molar-refractivity contribution >= 4 is 0 Å². The maximum absolute atomic E-state index is 3.60. The van der Waals surface area contributed by atoms with E-state index in [4.69, 9.17) is 0 Å². The average Bonchev–Trinajstić information content (AvgIpc) is 2.09. The minimum Gasteiger partial charge on any atom is -0.316 e. The third-order valence-corrected chi connectivity index (χ3v) is 3.65. The zero-order valence-corrected chi connectivity index (χ0v) is 11.1. The number of nitrogens with one attached hydrogen (secondary N) is 1. The molecule has 0 saturated heterocycles. The standard InChI is InChI=1S/C14H29N/c1-11(2)5-6-13-7-8-14(13)10-15-9-12(3)4/h11-15H,5-10H2,1-4H3. The molecular weight excluding hydrogens is 182 g/mol. The van der Waals surface area contributed by atoms with Gasteiger partial charge < -0.3 is 5.32 Å². The molecule has 1 aliphatic rings. The lowest BCUT2D eigenvalue weighted by atomic mass is 9.70. The first-order chi connectivity index (χ1) is 7.09. The van der Waals surface area contributed by atoms with Crippen molar-refractivity contribution < 1.29 is 0 Å². The van der Waals surface area contributed by atoms with Gasteiger partial charge in [-0.15, -0.1) is 0 Å². The van der Waals surface area contributed by atoms with Crippen LogP contribution in [0.2, 0.25) is 0 Å². The minimum absolute atomic E-state index is 0.791. The Morgan fingerprint density at radius 3 is 2.13 bits per heavy atom. The van der Waals surface area contributed by atoms with Gasteiger partial charge in [0.1, 0.15) is 0 Å². The highest BCUT2D eigenvalue weighted by Crippen LogP contribution is 2.37. The summed E-state index contributed by atoms with van der Waals surface area (Å²) in [5.41, 5.74) is 0. The fourth-order valence-electron chi connectivity index (χ4n) is 2.39. The maximum Gasteiger partial charge on any atom is -0.00178 e. The van der Waals surface area contributed by atoms with Gasteiger partial charge >= 0.3 is 0 Å². The van der Waals surface area contributed by atoms with Crippen LogP contribution in [-0.2, 0) is 0 Å². The molecule has 1 saturated carbocycles. The molecule has 1 rings (SSSR count). The average molecular weight is 211 g/mol. The second kappa shape index (κ2) is 6.52. The van der Waals surface area contributed by atoms with Gasteiger partial charge in [0.2, 0.25) is 0 Å². The van der Waals surface area contributed by atoms with Crippen LogP contribution in [0.5, 0.6) is 0 Å². The smallest absolute Gasteiger partial charge is 0.00178 e. The molecule has 0 spiro atoms. The van der Waals surface area contributed by atoms with Crippen molar-refractivity contribution in [2.45, 2.75) is 53.4 Å². The monoisotopic (exact) mass is 211 g/mol. The molecule has 0 heterocycles. The molecule has 1 aliphatic carbocycles. The highest BCUT2D eigenvalue weighted by Gasteiger charge is 2.29. The summed E-state index contributed by atoms with van der Waals surface area (Å²) in [6.07, 6.45) is 5.84. The fraction of sp³-hybridized carbons (Fsp3) is 1.00. The molecule has 2 unspecified atom stereocenters. The van der Waals surface area contributed by atoms with Gasteiger partial charge in [0.15, 0.2) is 0 Å². The summed E-state index contributed by atoms with van der Waals surface area (Å²) in [5, 5.41) is 3.60. The third-order valence-electron chi connectivity index (χ3n) is 3.65. The van der Waals surface area contributed by atoms with E-state index in [1.54, 1.807) is 0 Å². The summed E-state index contributed by atoms with van der Waals surface area (Å²) in [6, 6.07) is 0.